The van der Waals surface area contributed by atoms with Crippen molar-refractivity contribution < 1.29 is 14.7 Å². The van der Waals surface area contributed by atoms with E-state index < -0.39 is 5.97 Å². The summed E-state index contributed by atoms with van der Waals surface area (Å²) in [5, 5.41) is 12.1. The molecule has 0 aromatic rings. The zero-order valence-electron chi connectivity index (χ0n) is 13.9. The fraction of sp³-hybridized carbons (Fsp3) is 0.882. The summed E-state index contributed by atoms with van der Waals surface area (Å²) >= 11 is 0. The average Bonchev–Trinajstić information content (AvgIpc) is 2.54. The molecule has 2 amide bonds. The fourth-order valence-electron chi connectivity index (χ4n) is 4.09. The Morgan fingerprint density at radius 1 is 1.09 bits per heavy atom. The molecule has 22 heavy (non-hydrogen) atoms. The highest BCUT2D eigenvalue weighted by Gasteiger charge is 2.32. The Kier molecular flexibility index (Phi) is 6.09. The largest absolute Gasteiger partial charge is 0.481 e. The molecule has 2 fully saturated rings. The minimum absolute atomic E-state index is 0.0177. The molecular formula is C17H30N2O3. The Labute approximate surface area is 133 Å². The van der Waals surface area contributed by atoms with E-state index in [0.717, 1.165) is 25.7 Å². The first-order chi connectivity index (χ1) is 10.5. The Morgan fingerprint density at radius 3 is 2.32 bits per heavy atom. The summed E-state index contributed by atoms with van der Waals surface area (Å²) < 4.78 is 0. The third kappa shape index (κ3) is 4.14. The number of carboxylic acid groups (broad SMARTS) is 1. The Hall–Kier alpha value is -1.26. The van der Waals surface area contributed by atoms with Crippen molar-refractivity contribution in [2.24, 2.45) is 11.8 Å². The smallest absolute Gasteiger partial charge is 0.317 e. The van der Waals surface area contributed by atoms with Crippen LogP contribution in [0.1, 0.15) is 64.7 Å². The van der Waals surface area contributed by atoms with Crippen molar-refractivity contribution in [2.45, 2.75) is 76.8 Å². The van der Waals surface area contributed by atoms with Crippen molar-refractivity contribution in [1.29, 1.82) is 0 Å². The molecule has 0 aliphatic heterocycles. The summed E-state index contributed by atoms with van der Waals surface area (Å²) in [6.07, 6.45) is 8.85. The number of aliphatic carboxylic acids is 1. The molecule has 2 N–H and O–H groups in total. The minimum Gasteiger partial charge on any atom is -0.481 e. The van der Waals surface area contributed by atoms with E-state index in [1.165, 1.54) is 19.3 Å². The molecule has 0 radical (unpaired) electrons. The van der Waals surface area contributed by atoms with E-state index in [0.29, 0.717) is 24.8 Å². The van der Waals surface area contributed by atoms with Crippen LogP contribution in [0.15, 0.2) is 0 Å². The van der Waals surface area contributed by atoms with Crippen molar-refractivity contribution in [3.63, 3.8) is 0 Å². The average molecular weight is 310 g/mol. The zero-order chi connectivity index (χ0) is 16.1. The highest BCUT2D eigenvalue weighted by atomic mass is 16.4. The molecule has 0 aromatic heterocycles. The lowest BCUT2D eigenvalue weighted by molar-refractivity contribution is -0.142. The lowest BCUT2D eigenvalue weighted by Crippen LogP contribution is -2.51. The molecule has 2 atom stereocenters. The van der Waals surface area contributed by atoms with Crippen LogP contribution in [0.5, 0.6) is 0 Å². The second kappa shape index (κ2) is 7.84. The van der Waals surface area contributed by atoms with Gasteiger partial charge in [-0.05, 0) is 44.4 Å². The molecule has 2 unspecified atom stereocenters. The Morgan fingerprint density at radius 2 is 1.73 bits per heavy atom. The van der Waals surface area contributed by atoms with Gasteiger partial charge in [-0.15, -0.1) is 0 Å². The molecule has 0 heterocycles. The Bertz CT molecular complexity index is 391. The molecule has 5 nitrogen and oxygen atoms in total. The normalized spacial score (nSPS) is 32.3. The van der Waals surface area contributed by atoms with Gasteiger partial charge in [-0.2, -0.15) is 0 Å². The molecule has 2 aliphatic carbocycles. The molecule has 2 saturated carbocycles. The van der Waals surface area contributed by atoms with E-state index in [4.69, 9.17) is 5.11 Å². The van der Waals surface area contributed by atoms with Crippen LogP contribution in [0.4, 0.5) is 4.79 Å². The second-order valence-corrected chi connectivity index (χ2v) is 6.97. The SMILES string of the molecule is CCC1CCCCC1N(C)C(=O)NC1CCC(C(=O)O)CC1. The predicted molar refractivity (Wildman–Crippen MR) is 85.7 cm³/mol. The number of hydrogen-bond donors (Lipinski definition) is 2. The van der Waals surface area contributed by atoms with Crippen LogP contribution in [0.25, 0.3) is 0 Å². The molecule has 5 heteroatoms. The number of urea groups is 1. The maximum Gasteiger partial charge on any atom is 0.317 e. The maximum absolute atomic E-state index is 12.5. The molecular weight excluding hydrogens is 280 g/mol. The monoisotopic (exact) mass is 310 g/mol. The third-order valence-electron chi connectivity index (χ3n) is 5.62. The first kappa shape index (κ1) is 17.1. The molecule has 0 bridgehead atoms. The zero-order valence-corrected chi connectivity index (χ0v) is 13.9. The van der Waals surface area contributed by atoms with E-state index in [-0.39, 0.29) is 18.0 Å². The van der Waals surface area contributed by atoms with E-state index in [1.54, 1.807) is 0 Å². The van der Waals surface area contributed by atoms with Gasteiger partial charge < -0.3 is 15.3 Å². The number of carbonyl (C=O) groups is 2. The van der Waals surface area contributed by atoms with E-state index in [1.807, 2.05) is 11.9 Å². The van der Waals surface area contributed by atoms with Crippen LogP contribution >= 0.6 is 0 Å². The lowest BCUT2D eigenvalue weighted by Gasteiger charge is -2.38. The van der Waals surface area contributed by atoms with Crippen LogP contribution in [0.3, 0.4) is 0 Å². The van der Waals surface area contributed by atoms with Crippen LogP contribution in [0.2, 0.25) is 0 Å². The summed E-state index contributed by atoms with van der Waals surface area (Å²) in [6, 6.07) is 0.507. The van der Waals surface area contributed by atoms with Crippen molar-refractivity contribution in [3.8, 4) is 0 Å². The van der Waals surface area contributed by atoms with Gasteiger partial charge in [-0.3, -0.25) is 4.79 Å². The van der Waals surface area contributed by atoms with Gasteiger partial charge in [0, 0.05) is 19.1 Å². The highest BCUT2D eigenvalue weighted by Crippen LogP contribution is 2.30. The number of hydrogen-bond acceptors (Lipinski definition) is 2. The summed E-state index contributed by atoms with van der Waals surface area (Å²) in [7, 11) is 1.91. The first-order valence-electron chi connectivity index (χ1n) is 8.79. The number of amides is 2. The minimum atomic E-state index is -0.699. The van der Waals surface area contributed by atoms with Gasteiger partial charge in [0.1, 0.15) is 0 Å². The van der Waals surface area contributed by atoms with E-state index >= 15 is 0 Å². The van der Waals surface area contributed by atoms with Crippen molar-refractivity contribution >= 4 is 12.0 Å². The number of carbonyl (C=O) groups excluding carboxylic acids is 1. The standard InChI is InChI=1S/C17H30N2O3/c1-3-12-6-4-5-7-15(12)19(2)17(22)18-14-10-8-13(9-11-14)16(20)21/h12-15H,3-11H2,1-2H3,(H,18,22)(H,20,21). The van der Waals surface area contributed by atoms with Gasteiger partial charge in [0.2, 0.25) is 0 Å². The predicted octanol–water partition coefficient (Wildman–Crippen LogP) is 3.24. The van der Waals surface area contributed by atoms with Crippen molar-refractivity contribution in [1.82, 2.24) is 10.2 Å². The lowest BCUT2D eigenvalue weighted by atomic mass is 9.82. The Balaban J connectivity index is 1.82. The number of nitrogens with zero attached hydrogens (tertiary/aromatic N) is 1. The summed E-state index contributed by atoms with van der Waals surface area (Å²) in [5.41, 5.74) is 0. The molecule has 0 aromatic carbocycles. The topological polar surface area (TPSA) is 69.6 Å². The van der Waals surface area contributed by atoms with Gasteiger partial charge in [0.05, 0.1) is 5.92 Å². The number of carboxylic acids is 1. The highest BCUT2D eigenvalue weighted by molar-refractivity contribution is 5.75. The summed E-state index contributed by atoms with van der Waals surface area (Å²) in [4.78, 5) is 25.4. The molecule has 0 spiro atoms. The van der Waals surface area contributed by atoms with Gasteiger partial charge >= 0.3 is 12.0 Å². The van der Waals surface area contributed by atoms with E-state index in [2.05, 4.69) is 12.2 Å². The third-order valence-corrected chi connectivity index (χ3v) is 5.62. The second-order valence-electron chi connectivity index (χ2n) is 6.97. The molecule has 2 aliphatic rings. The fourth-order valence-corrected chi connectivity index (χ4v) is 4.09. The maximum atomic E-state index is 12.5. The van der Waals surface area contributed by atoms with E-state index in [9.17, 15) is 9.59 Å². The molecule has 2 rings (SSSR count). The molecule has 0 saturated heterocycles. The van der Waals surface area contributed by atoms with Crippen LogP contribution in [-0.4, -0.2) is 41.1 Å². The van der Waals surface area contributed by atoms with Crippen LogP contribution in [0, 0.1) is 11.8 Å². The number of rotatable bonds is 4. The summed E-state index contributed by atoms with van der Waals surface area (Å²) in [5.74, 6) is -0.309. The van der Waals surface area contributed by atoms with Crippen molar-refractivity contribution in [3.05, 3.63) is 0 Å². The van der Waals surface area contributed by atoms with Crippen LogP contribution < -0.4 is 5.32 Å². The number of nitrogens with one attached hydrogen (secondary N) is 1. The van der Waals surface area contributed by atoms with Crippen molar-refractivity contribution in [2.75, 3.05) is 7.05 Å². The van der Waals surface area contributed by atoms with Crippen LogP contribution in [-0.2, 0) is 4.79 Å². The summed E-state index contributed by atoms with van der Waals surface area (Å²) in [6.45, 7) is 2.21. The quantitative estimate of drug-likeness (QED) is 0.837. The van der Waals surface area contributed by atoms with Gasteiger partial charge in [0.25, 0.3) is 0 Å². The van der Waals surface area contributed by atoms with Gasteiger partial charge in [-0.1, -0.05) is 26.2 Å². The van der Waals surface area contributed by atoms with Gasteiger partial charge in [0.15, 0.2) is 0 Å². The van der Waals surface area contributed by atoms with Gasteiger partial charge in [-0.25, -0.2) is 4.79 Å². The first-order valence-corrected chi connectivity index (χ1v) is 8.79. The molecule has 126 valence electrons.